The van der Waals surface area contributed by atoms with Crippen LogP contribution in [0.5, 0.6) is 5.75 Å². The summed E-state index contributed by atoms with van der Waals surface area (Å²) in [6.07, 6.45) is 1.26. The molecular weight excluding hydrogens is 208 g/mol. The summed E-state index contributed by atoms with van der Waals surface area (Å²) in [7, 11) is 0. The van der Waals surface area contributed by atoms with Gasteiger partial charge >= 0.3 is 0 Å². The van der Waals surface area contributed by atoms with Gasteiger partial charge in [-0.2, -0.15) is 0 Å². The zero-order chi connectivity index (χ0) is 11.0. The second-order valence-corrected chi connectivity index (χ2v) is 5.09. The molecule has 0 bridgehead atoms. The predicted octanol–water partition coefficient (Wildman–Crippen LogP) is 4.26. The van der Waals surface area contributed by atoms with Crippen molar-refractivity contribution in [3.8, 4) is 5.75 Å². The van der Waals surface area contributed by atoms with E-state index in [-0.39, 0.29) is 11.5 Å². The second kappa shape index (κ2) is 4.05. The van der Waals surface area contributed by atoms with Crippen LogP contribution in [0.3, 0.4) is 0 Å². The molecule has 0 heterocycles. The lowest BCUT2D eigenvalue weighted by molar-refractivity contribution is 0.242. The highest BCUT2D eigenvalue weighted by Crippen LogP contribution is 2.44. The molecular formula is C13H17ClO. The molecule has 1 aromatic carbocycles. The van der Waals surface area contributed by atoms with Gasteiger partial charge in [-0.1, -0.05) is 13.0 Å². The molecule has 1 aliphatic carbocycles. The van der Waals surface area contributed by atoms with E-state index in [4.69, 9.17) is 16.3 Å². The third-order valence-electron chi connectivity index (χ3n) is 2.86. The summed E-state index contributed by atoms with van der Waals surface area (Å²) in [5, 5.41) is 0.158. The fraction of sp³-hybridized carbons (Fsp3) is 0.538. The summed E-state index contributed by atoms with van der Waals surface area (Å²) in [6.45, 7) is 6.30. The normalized spacial score (nSPS) is 24.3. The predicted molar refractivity (Wildman–Crippen MR) is 63.8 cm³/mol. The van der Waals surface area contributed by atoms with E-state index in [9.17, 15) is 0 Å². The molecule has 1 nitrogen and oxygen atoms in total. The summed E-state index contributed by atoms with van der Waals surface area (Å²) in [4.78, 5) is 0. The van der Waals surface area contributed by atoms with Crippen LogP contribution >= 0.6 is 11.6 Å². The average Bonchev–Trinajstić information content (AvgIpc) is 2.41. The van der Waals surface area contributed by atoms with E-state index in [1.165, 1.54) is 11.1 Å². The molecule has 82 valence electrons. The topological polar surface area (TPSA) is 9.23 Å². The number of alkyl halides is 1. The Labute approximate surface area is 96.4 Å². The first kappa shape index (κ1) is 10.8. The number of rotatable bonds is 2. The molecule has 2 rings (SSSR count). The molecule has 0 aliphatic heterocycles. The standard InChI is InChI=1S/C13H17ClO/c1-8(2)15-10-4-5-11-9(3)6-13(14)12(11)7-10/h4-5,7-9,13H,6H2,1-3H3. The summed E-state index contributed by atoms with van der Waals surface area (Å²) in [5.41, 5.74) is 2.63. The van der Waals surface area contributed by atoms with Crippen LogP contribution in [0.15, 0.2) is 18.2 Å². The van der Waals surface area contributed by atoms with E-state index in [2.05, 4.69) is 19.1 Å². The highest BCUT2D eigenvalue weighted by Gasteiger charge is 2.26. The summed E-state index contributed by atoms with van der Waals surface area (Å²) < 4.78 is 5.66. The van der Waals surface area contributed by atoms with Gasteiger partial charge in [-0.05, 0) is 49.4 Å². The van der Waals surface area contributed by atoms with E-state index < -0.39 is 0 Å². The van der Waals surface area contributed by atoms with Crippen molar-refractivity contribution in [2.45, 2.75) is 44.6 Å². The molecule has 1 aromatic rings. The lowest BCUT2D eigenvalue weighted by Crippen LogP contribution is -2.05. The van der Waals surface area contributed by atoms with Crippen molar-refractivity contribution < 1.29 is 4.74 Å². The number of hydrogen-bond donors (Lipinski definition) is 0. The largest absolute Gasteiger partial charge is 0.491 e. The van der Waals surface area contributed by atoms with Crippen molar-refractivity contribution in [3.63, 3.8) is 0 Å². The van der Waals surface area contributed by atoms with E-state index in [0.29, 0.717) is 5.92 Å². The van der Waals surface area contributed by atoms with Crippen LogP contribution in [0.4, 0.5) is 0 Å². The molecule has 0 radical (unpaired) electrons. The van der Waals surface area contributed by atoms with Gasteiger partial charge in [0.2, 0.25) is 0 Å². The minimum absolute atomic E-state index is 0.158. The zero-order valence-corrected chi connectivity index (χ0v) is 10.2. The average molecular weight is 225 g/mol. The highest BCUT2D eigenvalue weighted by atomic mass is 35.5. The van der Waals surface area contributed by atoms with Gasteiger partial charge in [-0.15, -0.1) is 11.6 Å². The van der Waals surface area contributed by atoms with E-state index in [1.807, 2.05) is 19.9 Å². The van der Waals surface area contributed by atoms with Crippen molar-refractivity contribution in [2.75, 3.05) is 0 Å². The minimum atomic E-state index is 0.158. The summed E-state index contributed by atoms with van der Waals surface area (Å²) in [5.74, 6) is 1.51. The van der Waals surface area contributed by atoms with Crippen molar-refractivity contribution >= 4 is 11.6 Å². The molecule has 0 saturated heterocycles. The smallest absolute Gasteiger partial charge is 0.120 e. The van der Waals surface area contributed by atoms with Gasteiger partial charge in [0.15, 0.2) is 0 Å². The Morgan fingerprint density at radius 2 is 2.07 bits per heavy atom. The molecule has 0 N–H and O–H groups in total. The highest BCUT2D eigenvalue weighted by molar-refractivity contribution is 6.21. The van der Waals surface area contributed by atoms with Crippen molar-refractivity contribution in [1.82, 2.24) is 0 Å². The van der Waals surface area contributed by atoms with Crippen LogP contribution in [0.25, 0.3) is 0 Å². The molecule has 0 fully saturated rings. The number of halogens is 1. The third kappa shape index (κ3) is 2.12. The Hall–Kier alpha value is -0.690. The maximum atomic E-state index is 6.29. The van der Waals surface area contributed by atoms with Gasteiger partial charge in [0.25, 0.3) is 0 Å². The zero-order valence-electron chi connectivity index (χ0n) is 9.46. The molecule has 2 atom stereocenters. The monoisotopic (exact) mass is 224 g/mol. The quantitative estimate of drug-likeness (QED) is 0.682. The first-order valence-corrected chi connectivity index (χ1v) is 5.96. The number of hydrogen-bond acceptors (Lipinski definition) is 1. The van der Waals surface area contributed by atoms with Crippen molar-refractivity contribution in [3.05, 3.63) is 29.3 Å². The van der Waals surface area contributed by atoms with Gasteiger partial charge in [0, 0.05) is 0 Å². The van der Waals surface area contributed by atoms with Crippen molar-refractivity contribution in [2.24, 2.45) is 0 Å². The Kier molecular flexibility index (Phi) is 2.92. The van der Waals surface area contributed by atoms with Crippen LogP contribution < -0.4 is 4.74 Å². The van der Waals surface area contributed by atoms with E-state index in [1.54, 1.807) is 0 Å². The van der Waals surface area contributed by atoms with Gasteiger partial charge in [0.05, 0.1) is 11.5 Å². The molecule has 1 aliphatic rings. The first-order chi connectivity index (χ1) is 7.08. The van der Waals surface area contributed by atoms with Crippen LogP contribution in [0.2, 0.25) is 0 Å². The summed E-state index contributed by atoms with van der Waals surface area (Å²) >= 11 is 6.29. The molecule has 2 heteroatoms. The first-order valence-electron chi connectivity index (χ1n) is 5.52. The number of fused-ring (bicyclic) bond motifs is 1. The van der Waals surface area contributed by atoms with Gasteiger partial charge in [-0.3, -0.25) is 0 Å². The second-order valence-electron chi connectivity index (χ2n) is 4.56. The number of benzene rings is 1. The van der Waals surface area contributed by atoms with Gasteiger partial charge in [0.1, 0.15) is 5.75 Å². The third-order valence-corrected chi connectivity index (χ3v) is 3.27. The molecule has 0 aromatic heterocycles. The Balaban J connectivity index is 2.30. The maximum absolute atomic E-state index is 6.29. The molecule has 2 unspecified atom stereocenters. The lowest BCUT2D eigenvalue weighted by atomic mass is 10.0. The minimum Gasteiger partial charge on any atom is -0.491 e. The van der Waals surface area contributed by atoms with Crippen LogP contribution in [-0.4, -0.2) is 6.10 Å². The van der Waals surface area contributed by atoms with Gasteiger partial charge in [-0.25, -0.2) is 0 Å². The van der Waals surface area contributed by atoms with Crippen LogP contribution in [0.1, 0.15) is 49.6 Å². The Morgan fingerprint density at radius 3 is 2.73 bits per heavy atom. The van der Waals surface area contributed by atoms with E-state index >= 15 is 0 Å². The fourth-order valence-corrected chi connectivity index (χ4v) is 2.64. The van der Waals surface area contributed by atoms with Gasteiger partial charge < -0.3 is 4.74 Å². The summed E-state index contributed by atoms with van der Waals surface area (Å²) in [6, 6.07) is 6.29. The number of ether oxygens (including phenoxy) is 1. The fourth-order valence-electron chi connectivity index (χ4n) is 2.18. The van der Waals surface area contributed by atoms with Crippen LogP contribution in [-0.2, 0) is 0 Å². The molecule has 0 saturated carbocycles. The molecule has 0 spiro atoms. The van der Waals surface area contributed by atoms with Crippen LogP contribution in [0, 0.1) is 0 Å². The Morgan fingerprint density at radius 1 is 1.33 bits per heavy atom. The molecule has 15 heavy (non-hydrogen) atoms. The lowest BCUT2D eigenvalue weighted by Gasteiger charge is -2.12. The van der Waals surface area contributed by atoms with Crippen molar-refractivity contribution in [1.29, 1.82) is 0 Å². The molecule has 0 amide bonds. The Bertz CT molecular complexity index is 360. The van der Waals surface area contributed by atoms with E-state index in [0.717, 1.165) is 12.2 Å². The SMILES string of the molecule is CC(C)Oc1ccc2c(c1)C(Cl)CC2C. The maximum Gasteiger partial charge on any atom is 0.120 e.